The Morgan fingerprint density at radius 3 is 2.50 bits per heavy atom. The van der Waals surface area contributed by atoms with Crippen molar-refractivity contribution in [2.24, 2.45) is 5.73 Å². The average Bonchev–Trinajstić information content (AvgIpc) is 3.12. The molecule has 0 spiro atoms. The van der Waals surface area contributed by atoms with E-state index in [2.05, 4.69) is 5.32 Å². The van der Waals surface area contributed by atoms with Crippen molar-refractivity contribution in [2.45, 2.75) is 25.4 Å². The number of ether oxygens (including phenoxy) is 1. The summed E-state index contributed by atoms with van der Waals surface area (Å²) in [6.45, 7) is 0.451. The van der Waals surface area contributed by atoms with Crippen molar-refractivity contribution in [2.75, 3.05) is 26.1 Å². The van der Waals surface area contributed by atoms with Crippen molar-refractivity contribution in [1.82, 2.24) is 9.80 Å². The predicted octanol–water partition coefficient (Wildman–Crippen LogP) is 3.38. The molecule has 3 aromatic carbocycles. The van der Waals surface area contributed by atoms with Gasteiger partial charge in [-0.25, -0.2) is 4.79 Å². The number of urea groups is 1. The van der Waals surface area contributed by atoms with Crippen LogP contribution in [-0.2, 0) is 16.1 Å². The van der Waals surface area contributed by atoms with E-state index < -0.39 is 23.8 Å². The van der Waals surface area contributed by atoms with E-state index in [1.54, 1.807) is 25.2 Å². The number of hydrogen-bond acceptors (Lipinski definition) is 5. The molecular weight excluding hydrogens is 460 g/mol. The van der Waals surface area contributed by atoms with Crippen LogP contribution in [0.2, 0.25) is 0 Å². The number of carbonyl (C=O) groups is 4. The van der Waals surface area contributed by atoms with Crippen LogP contribution in [0.4, 0.5) is 10.5 Å². The van der Waals surface area contributed by atoms with Crippen LogP contribution >= 0.6 is 0 Å². The molecule has 0 radical (unpaired) electrons. The normalized spacial score (nSPS) is 13.6. The van der Waals surface area contributed by atoms with Crippen molar-refractivity contribution in [3.8, 4) is 0 Å². The van der Waals surface area contributed by atoms with Crippen LogP contribution in [0.3, 0.4) is 0 Å². The summed E-state index contributed by atoms with van der Waals surface area (Å²) >= 11 is 0. The Hall–Kier alpha value is -4.24. The largest absolute Gasteiger partial charge is 0.385 e. The number of anilines is 1. The summed E-state index contributed by atoms with van der Waals surface area (Å²) in [4.78, 5) is 53.9. The second-order valence-electron chi connectivity index (χ2n) is 8.69. The fourth-order valence-corrected chi connectivity index (χ4v) is 4.48. The predicted molar refractivity (Wildman–Crippen MR) is 135 cm³/mol. The van der Waals surface area contributed by atoms with Gasteiger partial charge >= 0.3 is 6.03 Å². The Kier molecular flexibility index (Phi) is 7.30. The number of hydrogen-bond donors (Lipinski definition) is 2. The van der Waals surface area contributed by atoms with Crippen LogP contribution in [-0.4, -0.2) is 60.4 Å². The fraction of sp³-hybridized carbons (Fsp3) is 0.259. The number of nitrogens with zero attached hydrogens (tertiary/aromatic N) is 2. The third kappa shape index (κ3) is 4.78. The summed E-state index contributed by atoms with van der Waals surface area (Å²) in [5.74, 6) is -1.91. The van der Waals surface area contributed by atoms with E-state index in [1.807, 2.05) is 42.5 Å². The van der Waals surface area contributed by atoms with Gasteiger partial charge in [0.15, 0.2) is 0 Å². The third-order valence-electron chi connectivity index (χ3n) is 6.28. The number of methoxy groups -OCH3 is 1. The first-order chi connectivity index (χ1) is 17.3. The molecule has 9 heteroatoms. The molecule has 1 unspecified atom stereocenters. The standard InChI is InChI=1S/C27H28N4O5/c1-30(27(35)29-21-13-6-9-17-8-3-4-11-19(17)21)16-18-10-5-12-20-23(18)26(34)31(25(20)33)22(24(28)32)14-7-15-36-2/h3-6,8-13,22H,7,14-16H2,1-2H3,(H2,28,32)(H,29,35). The van der Waals surface area contributed by atoms with Gasteiger partial charge in [0.2, 0.25) is 5.91 Å². The highest BCUT2D eigenvalue weighted by atomic mass is 16.5. The molecule has 3 N–H and O–H groups in total. The maximum atomic E-state index is 13.3. The number of primary amides is 1. The van der Waals surface area contributed by atoms with E-state index in [4.69, 9.17) is 10.5 Å². The second kappa shape index (κ2) is 10.6. The van der Waals surface area contributed by atoms with Crippen molar-refractivity contribution in [3.63, 3.8) is 0 Å². The van der Waals surface area contributed by atoms with E-state index in [9.17, 15) is 19.2 Å². The minimum absolute atomic E-state index is 0.0809. The molecule has 1 aliphatic rings. The average molecular weight is 489 g/mol. The molecule has 0 saturated carbocycles. The van der Waals surface area contributed by atoms with Crippen LogP contribution in [0.15, 0.2) is 60.7 Å². The highest BCUT2D eigenvalue weighted by molar-refractivity contribution is 6.23. The topological polar surface area (TPSA) is 122 Å². The number of rotatable bonds is 9. The maximum Gasteiger partial charge on any atom is 0.321 e. The molecule has 9 nitrogen and oxygen atoms in total. The maximum absolute atomic E-state index is 13.3. The van der Waals surface area contributed by atoms with Gasteiger partial charge in [-0.1, -0.05) is 48.5 Å². The molecule has 0 aliphatic carbocycles. The molecule has 0 bridgehead atoms. The molecule has 4 rings (SSSR count). The number of imide groups is 1. The van der Waals surface area contributed by atoms with Gasteiger partial charge in [-0.05, 0) is 35.9 Å². The number of fused-ring (bicyclic) bond motifs is 2. The van der Waals surface area contributed by atoms with E-state index in [0.29, 0.717) is 24.3 Å². The van der Waals surface area contributed by atoms with Gasteiger partial charge < -0.3 is 20.7 Å². The monoisotopic (exact) mass is 488 g/mol. The summed E-state index contributed by atoms with van der Waals surface area (Å²) in [6, 6.07) is 16.8. The number of amides is 5. The summed E-state index contributed by atoms with van der Waals surface area (Å²) in [5, 5.41) is 4.82. The van der Waals surface area contributed by atoms with Crippen LogP contribution in [0, 0.1) is 0 Å². The molecular formula is C27H28N4O5. The first kappa shape index (κ1) is 24.9. The molecule has 5 amide bonds. The van der Waals surface area contributed by atoms with Gasteiger partial charge in [0.1, 0.15) is 6.04 Å². The van der Waals surface area contributed by atoms with Gasteiger partial charge in [-0.15, -0.1) is 0 Å². The summed E-state index contributed by atoms with van der Waals surface area (Å²) in [6.07, 6.45) is 0.665. The molecule has 1 aliphatic heterocycles. The lowest BCUT2D eigenvalue weighted by Crippen LogP contribution is -2.48. The van der Waals surface area contributed by atoms with Gasteiger partial charge in [0.25, 0.3) is 11.8 Å². The number of carbonyl (C=O) groups excluding carboxylic acids is 4. The summed E-state index contributed by atoms with van der Waals surface area (Å²) in [7, 11) is 3.14. The lowest BCUT2D eigenvalue weighted by Gasteiger charge is -2.23. The molecule has 0 saturated heterocycles. The van der Waals surface area contributed by atoms with Crippen molar-refractivity contribution < 1.29 is 23.9 Å². The molecule has 3 aromatic rings. The van der Waals surface area contributed by atoms with Gasteiger partial charge in [0, 0.05) is 32.7 Å². The first-order valence-electron chi connectivity index (χ1n) is 11.6. The Bertz CT molecular complexity index is 1330. The SMILES string of the molecule is COCCCC(C(N)=O)N1C(=O)c2cccc(CN(C)C(=O)Nc3cccc4ccccc34)c2C1=O. The highest BCUT2D eigenvalue weighted by Crippen LogP contribution is 2.30. The highest BCUT2D eigenvalue weighted by Gasteiger charge is 2.43. The smallest absolute Gasteiger partial charge is 0.321 e. The van der Waals surface area contributed by atoms with Gasteiger partial charge in [-0.3, -0.25) is 19.3 Å². The molecule has 186 valence electrons. The lowest BCUT2D eigenvalue weighted by atomic mass is 10.0. The Morgan fingerprint density at radius 2 is 1.75 bits per heavy atom. The fourth-order valence-electron chi connectivity index (χ4n) is 4.48. The second-order valence-corrected chi connectivity index (χ2v) is 8.69. The first-order valence-corrected chi connectivity index (χ1v) is 11.6. The summed E-state index contributed by atoms with van der Waals surface area (Å²) < 4.78 is 5.02. The van der Waals surface area contributed by atoms with Crippen molar-refractivity contribution in [3.05, 3.63) is 77.4 Å². The summed E-state index contributed by atoms with van der Waals surface area (Å²) in [5.41, 5.74) is 7.09. The molecule has 1 atom stereocenters. The van der Waals surface area contributed by atoms with Crippen LogP contribution < -0.4 is 11.1 Å². The lowest BCUT2D eigenvalue weighted by molar-refractivity contribution is -0.122. The third-order valence-corrected chi connectivity index (χ3v) is 6.28. The van der Waals surface area contributed by atoms with Gasteiger partial charge in [0.05, 0.1) is 16.8 Å². The Balaban J connectivity index is 1.55. The van der Waals surface area contributed by atoms with Crippen LogP contribution in [0.25, 0.3) is 10.8 Å². The minimum atomic E-state index is -1.08. The molecule has 0 fully saturated rings. The number of nitrogens with one attached hydrogen (secondary N) is 1. The van der Waals surface area contributed by atoms with E-state index in [1.165, 1.54) is 12.0 Å². The molecule has 36 heavy (non-hydrogen) atoms. The van der Waals surface area contributed by atoms with Gasteiger partial charge in [-0.2, -0.15) is 0 Å². The zero-order chi connectivity index (χ0) is 25.8. The van der Waals surface area contributed by atoms with Crippen LogP contribution in [0.1, 0.15) is 39.1 Å². The Labute approximate surface area is 208 Å². The van der Waals surface area contributed by atoms with Crippen LogP contribution in [0.5, 0.6) is 0 Å². The quantitative estimate of drug-likeness (QED) is 0.353. The molecule has 1 heterocycles. The zero-order valence-corrected chi connectivity index (χ0v) is 20.2. The molecule has 0 aromatic heterocycles. The number of nitrogens with two attached hydrogens (primary N) is 1. The Morgan fingerprint density at radius 1 is 1.03 bits per heavy atom. The van der Waals surface area contributed by atoms with Crippen molar-refractivity contribution >= 4 is 40.2 Å². The zero-order valence-electron chi connectivity index (χ0n) is 20.2. The number of benzene rings is 3. The minimum Gasteiger partial charge on any atom is -0.385 e. The van der Waals surface area contributed by atoms with E-state index >= 15 is 0 Å². The van der Waals surface area contributed by atoms with E-state index in [-0.39, 0.29) is 30.1 Å². The van der Waals surface area contributed by atoms with Crippen molar-refractivity contribution in [1.29, 1.82) is 0 Å². The van der Waals surface area contributed by atoms with E-state index in [0.717, 1.165) is 15.7 Å².